The fraction of sp³-hybridized carbons (Fsp3) is 1.00. The number of rotatable bonds is 20. The molecule has 5 nitrogen and oxygen atoms in total. The molecule has 7 heteroatoms. The third kappa shape index (κ3) is 14.8. The van der Waals surface area contributed by atoms with Crippen LogP contribution in [0.15, 0.2) is 0 Å². The lowest BCUT2D eigenvalue weighted by molar-refractivity contribution is 0.324. The molecule has 2 N–H and O–H groups in total. The van der Waals surface area contributed by atoms with E-state index in [1.165, 1.54) is 103 Å². The van der Waals surface area contributed by atoms with Crippen LogP contribution < -0.4 is 10.6 Å². The topological polar surface area (TPSA) is 67.4 Å². The van der Waals surface area contributed by atoms with Crippen LogP contribution in [0.5, 0.6) is 0 Å². The molecule has 0 aliphatic heterocycles. The van der Waals surface area contributed by atoms with Crippen LogP contribution in [0.1, 0.15) is 103 Å². The zero-order valence-corrected chi connectivity index (χ0v) is 21.4. The van der Waals surface area contributed by atoms with Gasteiger partial charge in [0.1, 0.15) is 0 Å². The second-order valence-electron chi connectivity index (χ2n) is 9.55. The normalized spacial score (nSPS) is 18.3. The second-order valence-corrected chi connectivity index (χ2v) is 13.2. The lowest BCUT2D eigenvalue weighted by Gasteiger charge is -2.09. The van der Waals surface area contributed by atoms with Crippen LogP contribution in [-0.4, -0.2) is 47.0 Å². The van der Waals surface area contributed by atoms with E-state index in [4.69, 9.17) is 4.18 Å². The molecule has 0 aromatic carbocycles. The summed E-state index contributed by atoms with van der Waals surface area (Å²) in [5.41, 5.74) is 0. The van der Waals surface area contributed by atoms with Crippen molar-refractivity contribution in [3.63, 3.8) is 0 Å². The Morgan fingerprint density at radius 3 is 1.74 bits per heavy atom. The van der Waals surface area contributed by atoms with E-state index in [1.54, 1.807) is 0 Å². The van der Waals surface area contributed by atoms with E-state index in [0.29, 0.717) is 12.3 Å². The molecule has 0 aromatic heterocycles. The summed E-state index contributed by atoms with van der Waals surface area (Å²) >= 11 is 0. The number of hydrogen-bond acceptors (Lipinski definition) is 6. The van der Waals surface area contributed by atoms with Gasteiger partial charge in [-0.05, 0) is 48.6 Å². The number of nitrogens with one attached hydrogen (secondary N) is 2. The van der Waals surface area contributed by atoms with Gasteiger partial charge in [-0.15, -0.1) is 0 Å². The van der Waals surface area contributed by atoms with Crippen LogP contribution in [0, 0.1) is 11.8 Å². The van der Waals surface area contributed by atoms with E-state index < -0.39 is 9.15 Å². The zero-order valence-electron chi connectivity index (χ0n) is 19.8. The Bertz CT molecular complexity index is 479. The van der Waals surface area contributed by atoms with E-state index in [2.05, 4.69) is 10.6 Å². The molecule has 2 rings (SSSR count). The van der Waals surface area contributed by atoms with Gasteiger partial charge in [0.15, 0.2) is 0 Å². The van der Waals surface area contributed by atoms with Crippen molar-refractivity contribution < 1.29 is 12.6 Å². The third-order valence-corrected chi connectivity index (χ3v) is 9.66. The molecular formula is C24H48N2O3S2. The molecular weight excluding hydrogens is 428 g/mol. The average molecular weight is 477 g/mol. The summed E-state index contributed by atoms with van der Waals surface area (Å²) in [6.45, 7) is 3.48. The van der Waals surface area contributed by atoms with E-state index in [9.17, 15) is 8.42 Å². The van der Waals surface area contributed by atoms with Gasteiger partial charge in [0.25, 0.3) is 0 Å². The molecule has 0 spiro atoms. The molecule has 0 aromatic rings. The molecule has 184 valence electrons. The van der Waals surface area contributed by atoms with Gasteiger partial charge in [0, 0.05) is 18.8 Å². The maximum Gasteiger partial charge on any atom is 0.322 e. The highest BCUT2D eigenvalue weighted by molar-refractivity contribution is 8.70. The summed E-state index contributed by atoms with van der Waals surface area (Å²) in [5.74, 6) is 2.53. The SMILES string of the molecule is O=S(=O)(OCCNCCCCCC1CCCC1)SCCNCCCCCC1CCCC1. The van der Waals surface area contributed by atoms with Crippen molar-refractivity contribution in [3.05, 3.63) is 0 Å². The summed E-state index contributed by atoms with van der Waals surface area (Å²) in [6.07, 6.45) is 21.9. The molecule has 2 fully saturated rings. The van der Waals surface area contributed by atoms with Gasteiger partial charge in [-0.3, -0.25) is 4.18 Å². The Balaban J connectivity index is 1.29. The van der Waals surface area contributed by atoms with Gasteiger partial charge in [0.2, 0.25) is 0 Å². The Morgan fingerprint density at radius 1 is 0.677 bits per heavy atom. The van der Waals surface area contributed by atoms with Crippen LogP contribution in [0.3, 0.4) is 0 Å². The van der Waals surface area contributed by atoms with Gasteiger partial charge in [-0.1, -0.05) is 89.9 Å². The minimum Gasteiger partial charge on any atom is -0.316 e. The summed E-state index contributed by atoms with van der Waals surface area (Å²) in [7, 11) is -2.56. The highest BCUT2D eigenvalue weighted by Crippen LogP contribution is 2.29. The molecule has 0 atom stereocenters. The van der Waals surface area contributed by atoms with Crippen molar-refractivity contribution in [3.8, 4) is 0 Å². The number of unbranched alkanes of at least 4 members (excludes halogenated alkanes) is 4. The van der Waals surface area contributed by atoms with Crippen molar-refractivity contribution in [1.29, 1.82) is 0 Å². The largest absolute Gasteiger partial charge is 0.322 e. The van der Waals surface area contributed by atoms with Crippen molar-refractivity contribution in [2.24, 2.45) is 11.8 Å². The molecule has 0 unspecified atom stereocenters. The molecule has 31 heavy (non-hydrogen) atoms. The smallest absolute Gasteiger partial charge is 0.316 e. The number of hydrogen-bond donors (Lipinski definition) is 2. The molecule has 0 amide bonds. The van der Waals surface area contributed by atoms with Crippen molar-refractivity contribution >= 4 is 19.9 Å². The van der Waals surface area contributed by atoms with E-state index in [0.717, 1.165) is 42.3 Å². The lowest BCUT2D eigenvalue weighted by atomic mass is 10.00. The summed E-state index contributed by atoms with van der Waals surface area (Å²) < 4.78 is 28.9. The summed E-state index contributed by atoms with van der Waals surface area (Å²) in [4.78, 5) is 0. The zero-order chi connectivity index (χ0) is 22.0. The minimum atomic E-state index is -3.47. The van der Waals surface area contributed by atoms with Gasteiger partial charge in [-0.2, -0.15) is 8.42 Å². The standard InChI is InChI=1S/C24H48N2O3S2/c27-31(28,29-21-19-25-17-9-1-3-11-23-13-5-6-14-23)30-22-20-26-18-10-2-4-12-24-15-7-8-16-24/h23-26H,1-22H2. The average Bonchev–Trinajstić information content (AvgIpc) is 3.45. The monoisotopic (exact) mass is 476 g/mol. The third-order valence-electron chi connectivity index (χ3n) is 6.89. The maximum atomic E-state index is 11.9. The van der Waals surface area contributed by atoms with Crippen molar-refractivity contribution in [2.75, 3.05) is 38.5 Å². The first-order chi connectivity index (χ1) is 15.2. The fourth-order valence-electron chi connectivity index (χ4n) is 5.03. The van der Waals surface area contributed by atoms with Gasteiger partial charge in [0.05, 0.1) is 6.61 Å². The van der Waals surface area contributed by atoms with Crippen LogP contribution in [0.4, 0.5) is 0 Å². The highest BCUT2D eigenvalue weighted by Gasteiger charge is 2.15. The van der Waals surface area contributed by atoms with Crippen LogP contribution in [0.25, 0.3) is 0 Å². The predicted octanol–water partition coefficient (Wildman–Crippen LogP) is 5.66. The molecule has 2 saturated carbocycles. The molecule has 2 aliphatic carbocycles. The lowest BCUT2D eigenvalue weighted by Crippen LogP contribution is -2.22. The highest BCUT2D eigenvalue weighted by atomic mass is 33.1. The van der Waals surface area contributed by atoms with Gasteiger partial charge in [-0.25, -0.2) is 0 Å². The summed E-state index contributed by atoms with van der Waals surface area (Å²) in [6, 6.07) is 0. The Kier molecular flexibility index (Phi) is 15.6. The van der Waals surface area contributed by atoms with Crippen molar-refractivity contribution in [1.82, 2.24) is 10.6 Å². The fourth-order valence-corrected chi connectivity index (χ4v) is 7.09. The molecule has 0 radical (unpaired) electrons. The second kappa shape index (κ2) is 17.6. The molecule has 0 saturated heterocycles. The molecule has 0 heterocycles. The van der Waals surface area contributed by atoms with E-state index >= 15 is 0 Å². The van der Waals surface area contributed by atoms with Gasteiger partial charge < -0.3 is 10.6 Å². The maximum absolute atomic E-state index is 11.9. The first-order valence-electron chi connectivity index (χ1n) is 13.1. The quantitative estimate of drug-likeness (QED) is 0.174. The first kappa shape index (κ1) is 27.4. The van der Waals surface area contributed by atoms with Crippen molar-refractivity contribution in [2.45, 2.75) is 103 Å². The van der Waals surface area contributed by atoms with E-state index in [1.807, 2.05) is 0 Å². The van der Waals surface area contributed by atoms with Crippen LogP contribution >= 0.6 is 10.8 Å². The Hall–Kier alpha value is 0.180. The summed E-state index contributed by atoms with van der Waals surface area (Å²) in [5, 5.41) is 6.65. The van der Waals surface area contributed by atoms with Gasteiger partial charge >= 0.3 is 9.15 Å². The van der Waals surface area contributed by atoms with E-state index in [-0.39, 0.29) is 6.61 Å². The first-order valence-corrected chi connectivity index (χ1v) is 16.0. The van der Waals surface area contributed by atoms with Crippen LogP contribution in [-0.2, 0) is 13.3 Å². The molecule has 0 bridgehead atoms. The molecule has 2 aliphatic rings. The Labute approximate surface area is 196 Å². The van der Waals surface area contributed by atoms with Crippen LogP contribution in [0.2, 0.25) is 0 Å². The Morgan fingerprint density at radius 2 is 1.19 bits per heavy atom. The predicted molar refractivity (Wildman–Crippen MR) is 134 cm³/mol. The minimum absolute atomic E-state index is 0.228.